The van der Waals surface area contributed by atoms with Crippen LogP contribution in [0.15, 0.2) is 21.5 Å². The van der Waals surface area contributed by atoms with E-state index in [0.717, 1.165) is 4.31 Å². The van der Waals surface area contributed by atoms with Gasteiger partial charge < -0.3 is 10.2 Å². The first-order valence-corrected chi connectivity index (χ1v) is 8.29. The van der Waals surface area contributed by atoms with Gasteiger partial charge in [0.15, 0.2) is 5.75 Å². The molecule has 1 aliphatic heterocycles. The van der Waals surface area contributed by atoms with Crippen LogP contribution in [0.2, 0.25) is 5.02 Å². The maximum atomic E-state index is 12.5. The number of aliphatic carboxylic acids is 1. The van der Waals surface area contributed by atoms with Gasteiger partial charge in [-0.15, -0.1) is 0 Å². The van der Waals surface area contributed by atoms with Crippen LogP contribution < -0.4 is 0 Å². The van der Waals surface area contributed by atoms with Gasteiger partial charge in [-0.05, 0) is 25.0 Å². The van der Waals surface area contributed by atoms with Crippen LogP contribution in [0.5, 0.6) is 5.75 Å². The summed E-state index contributed by atoms with van der Waals surface area (Å²) in [5.41, 5.74) is 0. The first-order chi connectivity index (χ1) is 9.25. The van der Waals surface area contributed by atoms with Crippen molar-refractivity contribution < 1.29 is 23.4 Å². The molecule has 0 spiro atoms. The van der Waals surface area contributed by atoms with E-state index in [1.54, 1.807) is 0 Å². The number of carbonyl (C=O) groups is 1. The standard InChI is InChI=1S/C11H11BrClNO5S/c12-6-4-7(13)10(15)9(5-6)20(18,19)14-3-1-2-8(14)11(16)17/h4-5,8,15H,1-3H2,(H,16,17)/t8-/m0/s1. The Labute approximate surface area is 129 Å². The average molecular weight is 385 g/mol. The lowest BCUT2D eigenvalue weighted by atomic mass is 10.2. The van der Waals surface area contributed by atoms with Crippen molar-refractivity contribution in [3.8, 4) is 5.75 Å². The predicted molar refractivity (Wildman–Crippen MR) is 75.4 cm³/mol. The van der Waals surface area contributed by atoms with Gasteiger partial charge in [0, 0.05) is 11.0 Å². The van der Waals surface area contributed by atoms with Crippen LogP contribution in [0.3, 0.4) is 0 Å². The predicted octanol–water partition coefficient (Wildman–Crippen LogP) is 2.05. The van der Waals surface area contributed by atoms with Crippen LogP contribution in [-0.4, -0.2) is 41.5 Å². The van der Waals surface area contributed by atoms with E-state index in [-0.39, 0.29) is 18.0 Å². The smallest absolute Gasteiger partial charge is 0.322 e. The highest BCUT2D eigenvalue weighted by Gasteiger charge is 2.40. The topological polar surface area (TPSA) is 94.9 Å². The molecule has 0 aromatic heterocycles. The minimum atomic E-state index is -4.12. The van der Waals surface area contributed by atoms with Crippen LogP contribution in [0.1, 0.15) is 12.8 Å². The molecule has 110 valence electrons. The van der Waals surface area contributed by atoms with E-state index < -0.39 is 32.7 Å². The Morgan fingerprint density at radius 2 is 2.10 bits per heavy atom. The molecule has 6 nitrogen and oxygen atoms in total. The lowest BCUT2D eigenvalue weighted by Gasteiger charge is -2.21. The molecule has 0 aliphatic carbocycles. The number of hydrogen-bond acceptors (Lipinski definition) is 4. The Balaban J connectivity index is 2.53. The minimum absolute atomic E-state index is 0.100. The van der Waals surface area contributed by atoms with Crippen molar-refractivity contribution in [2.45, 2.75) is 23.8 Å². The maximum absolute atomic E-state index is 12.5. The summed E-state index contributed by atoms with van der Waals surface area (Å²) in [5.74, 6) is -1.78. The number of halogens is 2. The molecule has 1 saturated heterocycles. The van der Waals surface area contributed by atoms with E-state index in [2.05, 4.69) is 15.9 Å². The fraction of sp³-hybridized carbons (Fsp3) is 0.364. The van der Waals surface area contributed by atoms with Crippen molar-refractivity contribution in [2.75, 3.05) is 6.54 Å². The van der Waals surface area contributed by atoms with E-state index >= 15 is 0 Å². The number of aromatic hydroxyl groups is 1. The van der Waals surface area contributed by atoms with Crippen LogP contribution in [-0.2, 0) is 14.8 Å². The summed E-state index contributed by atoms with van der Waals surface area (Å²) in [6, 6.07) is 1.44. The highest BCUT2D eigenvalue weighted by atomic mass is 79.9. The third-order valence-corrected chi connectivity index (χ3v) is 5.74. The number of carboxylic acids is 1. The van der Waals surface area contributed by atoms with Gasteiger partial charge in [0.25, 0.3) is 0 Å². The lowest BCUT2D eigenvalue weighted by Crippen LogP contribution is -2.40. The number of phenols is 1. The fourth-order valence-corrected chi connectivity index (χ4v) is 4.94. The zero-order valence-electron chi connectivity index (χ0n) is 10.1. The molecule has 0 unspecified atom stereocenters. The summed E-state index contributed by atoms with van der Waals surface area (Å²) in [6.45, 7) is 0.100. The summed E-state index contributed by atoms with van der Waals surface area (Å²) in [6.07, 6.45) is 0.704. The summed E-state index contributed by atoms with van der Waals surface area (Å²) in [4.78, 5) is 10.7. The van der Waals surface area contributed by atoms with Gasteiger partial charge in [-0.2, -0.15) is 4.31 Å². The SMILES string of the molecule is O=C(O)[C@@H]1CCCN1S(=O)(=O)c1cc(Br)cc(Cl)c1O. The first-order valence-electron chi connectivity index (χ1n) is 5.68. The van der Waals surface area contributed by atoms with Crippen LogP contribution in [0.25, 0.3) is 0 Å². The third-order valence-electron chi connectivity index (χ3n) is 3.07. The van der Waals surface area contributed by atoms with E-state index in [1.807, 2.05) is 0 Å². The van der Waals surface area contributed by atoms with E-state index in [4.69, 9.17) is 16.7 Å². The van der Waals surface area contributed by atoms with Gasteiger partial charge >= 0.3 is 5.97 Å². The second-order valence-corrected chi connectivity index (χ2v) is 7.53. The molecule has 0 radical (unpaired) electrons. The molecule has 1 atom stereocenters. The monoisotopic (exact) mass is 383 g/mol. The second kappa shape index (κ2) is 5.51. The highest BCUT2D eigenvalue weighted by molar-refractivity contribution is 9.10. The van der Waals surface area contributed by atoms with Gasteiger partial charge in [-0.1, -0.05) is 27.5 Å². The molecule has 2 N–H and O–H groups in total. The zero-order chi connectivity index (χ0) is 15.1. The van der Waals surface area contributed by atoms with Crippen LogP contribution >= 0.6 is 27.5 Å². The summed E-state index contributed by atoms with van der Waals surface area (Å²) >= 11 is 8.85. The number of phenolic OH excluding ortho intramolecular Hbond substituents is 1. The number of sulfonamides is 1. The van der Waals surface area contributed by atoms with Crippen molar-refractivity contribution in [2.24, 2.45) is 0 Å². The Kier molecular flexibility index (Phi) is 4.29. The van der Waals surface area contributed by atoms with Gasteiger partial charge in [0.1, 0.15) is 10.9 Å². The van der Waals surface area contributed by atoms with Crippen molar-refractivity contribution in [1.29, 1.82) is 0 Å². The second-order valence-electron chi connectivity index (χ2n) is 4.35. The van der Waals surface area contributed by atoms with E-state index in [0.29, 0.717) is 10.9 Å². The average Bonchev–Trinajstić information content (AvgIpc) is 2.83. The Bertz CT molecular complexity index is 663. The number of nitrogens with zero attached hydrogens (tertiary/aromatic N) is 1. The molecule has 1 aromatic rings. The first kappa shape index (κ1) is 15.6. The molecule has 0 saturated carbocycles. The number of benzene rings is 1. The van der Waals surface area contributed by atoms with Gasteiger partial charge in [0.05, 0.1) is 5.02 Å². The Morgan fingerprint density at radius 1 is 1.45 bits per heavy atom. The van der Waals surface area contributed by atoms with Crippen molar-refractivity contribution in [3.05, 3.63) is 21.6 Å². The molecular formula is C11H11BrClNO5S. The molecule has 0 amide bonds. The Hall–Kier alpha value is -0.830. The fourth-order valence-electron chi connectivity index (χ4n) is 2.14. The Morgan fingerprint density at radius 3 is 2.70 bits per heavy atom. The van der Waals surface area contributed by atoms with Gasteiger partial charge in [-0.3, -0.25) is 4.79 Å². The summed E-state index contributed by atoms with van der Waals surface area (Å²) < 4.78 is 26.3. The number of carboxylic acid groups (broad SMARTS) is 1. The third kappa shape index (κ3) is 2.65. The van der Waals surface area contributed by atoms with Crippen molar-refractivity contribution in [1.82, 2.24) is 4.31 Å². The quantitative estimate of drug-likeness (QED) is 0.831. The molecule has 9 heteroatoms. The number of hydrogen-bond donors (Lipinski definition) is 2. The molecule has 2 rings (SSSR count). The molecule has 1 aliphatic rings. The molecule has 1 heterocycles. The maximum Gasteiger partial charge on any atom is 0.322 e. The van der Waals surface area contributed by atoms with E-state index in [9.17, 15) is 18.3 Å². The summed E-state index contributed by atoms with van der Waals surface area (Å²) in [5, 5.41) is 18.8. The van der Waals surface area contributed by atoms with Crippen LogP contribution in [0, 0.1) is 0 Å². The van der Waals surface area contributed by atoms with Crippen LogP contribution in [0.4, 0.5) is 0 Å². The largest absolute Gasteiger partial charge is 0.505 e. The van der Waals surface area contributed by atoms with Gasteiger partial charge in [-0.25, -0.2) is 8.42 Å². The minimum Gasteiger partial charge on any atom is -0.505 e. The molecule has 1 aromatic carbocycles. The molecule has 20 heavy (non-hydrogen) atoms. The van der Waals surface area contributed by atoms with Crippen molar-refractivity contribution >= 4 is 43.5 Å². The summed E-state index contributed by atoms with van der Waals surface area (Å²) in [7, 11) is -4.12. The number of rotatable bonds is 3. The molecule has 1 fully saturated rings. The normalized spacial score (nSPS) is 20.2. The van der Waals surface area contributed by atoms with E-state index in [1.165, 1.54) is 12.1 Å². The zero-order valence-corrected chi connectivity index (χ0v) is 13.2. The molecular weight excluding hydrogens is 374 g/mol. The van der Waals surface area contributed by atoms with Gasteiger partial charge in [0.2, 0.25) is 10.0 Å². The van der Waals surface area contributed by atoms with Crippen molar-refractivity contribution in [3.63, 3.8) is 0 Å². The molecule has 0 bridgehead atoms. The highest BCUT2D eigenvalue weighted by Crippen LogP contribution is 2.37. The lowest BCUT2D eigenvalue weighted by molar-refractivity contribution is -0.140.